The Balaban J connectivity index is 2.32. The summed E-state index contributed by atoms with van der Waals surface area (Å²) < 4.78 is 5.43. The molecule has 0 N–H and O–H groups in total. The summed E-state index contributed by atoms with van der Waals surface area (Å²) in [5.74, 6) is 0.932. The maximum atomic E-state index is 5.43. The summed E-state index contributed by atoms with van der Waals surface area (Å²) in [7, 11) is 1.72. The summed E-state index contributed by atoms with van der Waals surface area (Å²) >= 11 is 0. The van der Waals surface area contributed by atoms with Gasteiger partial charge in [0.25, 0.3) is 0 Å². The fraction of sp³-hybridized carbons (Fsp3) is 0.400. The van der Waals surface area contributed by atoms with E-state index in [0.29, 0.717) is 0 Å². The van der Waals surface area contributed by atoms with E-state index < -0.39 is 0 Å². The molecule has 1 heterocycles. The molecule has 0 spiro atoms. The van der Waals surface area contributed by atoms with E-state index >= 15 is 0 Å². The third-order valence-corrected chi connectivity index (χ3v) is 2.99. The van der Waals surface area contributed by atoms with Gasteiger partial charge in [-0.05, 0) is 25.0 Å². The van der Waals surface area contributed by atoms with Crippen LogP contribution >= 0.6 is 0 Å². The Labute approximate surface area is 103 Å². The minimum absolute atomic E-state index is 0.932. The maximum absolute atomic E-state index is 5.43. The molecule has 0 radical (unpaired) electrons. The Morgan fingerprint density at radius 1 is 1.18 bits per heavy atom. The van der Waals surface area contributed by atoms with Gasteiger partial charge >= 0.3 is 0 Å². The van der Waals surface area contributed by atoms with Gasteiger partial charge in [-0.15, -0.1) is 0 Å². The highest BCUT2D eigenvalue weighted by atomic mass is 16.5. The van der Waals surface area contributed by atoms with Gasteiger partial charge in [0.1, 0.15) is 5.75 Å². The summed E-state index contributed by atoms with van der Waals surface area (Å²) in [4.78, 5) is 4.68. The Kier molecular flexibility index (Phi) is 3.97. The molecule has 0 aliphatic rings. The van der Waals surface area contributed by atoms with Crippen molar-refractivity contribution < 1.29 is 4.74 Å². The van der Waals surface area contributed by atoms with Crippen molar-refractivity contribution >= 4 is 10.9 Å². The Bertz CT molecular complexity index is 493. The number of para-hydroxylation sites is 1. The molecule has 0 amide bonds. The number of hydrogen-bond acceptors (Lipinski definition) is 2. The molecule has 1 aromatic heterocycles. The zero-order valence-corrected chi connectivity index (χ0v) is 10.6. The lowest BCUT2D eigenvalue weighted by Gasteiger charge is -2.08. The first-order valence-corrected chi connectivity index (χ1v) is 6.27. The van der Waals surface area contributed by atoms with E-state index in [-0.39, 0.29) is 0 Å². The fourth-order valence-corrected chi connectivity index (χ4v) is 2.05. The van der Waals surface area contributed by atoms with Gasteiger partial charge in [0.15, 0.2) is 0 Å². The van der Waals surface area contributed by atoms with Crippen LogP contribution in [0.3, 0.4) is 0 Å². The summed E-state index contributed by atoms with van der Waals surface area (Å²) in [6.07, 6.45) is 4.74. The number of rotatable bonds is 5. The molecule has 2 nitrogen and oxygen atoms in total. The van der Waals surface area contributed by atoms with Crippen molar-refractivity contribution in [2.45, 2.75) is 32.6 Å². The first-order valence-electron chi connectivity index (χ1n) is 6.27. The lowest BCUT2D eigenvalue weighted by Crippen LogP contribution is -1.94. The Hall–Kier alpha value is -1.57. The van der Waals surface area contributed by atoms with E-state index in [2.05, 4.69) is 24.0 Å². The SMILES string of the molecule is CCCCCc1cc(OC)c2ccccc2n1. The molecular formula is C15H19NO. The molecule has 0 saturated heterocycles. The normalized spacial score (nSPS) is 10.7. The summed E-state index contributed by atoms with van der Waals surface area (Å²) in [5, 5.41) is 1.09. The number of fused-ring (bicyclic) bond motifs is 1. The number of ether oxygens (including phenoxy) is 1. The highest BCUT2D eigenvalue weighted by Gasteiger charge is 2.05. The third kappa shape index (κ3) is 2.76. The zero-order chi connectivity index (χ0) is 12.1. The second kappa shape index (κ2) is 5.67. The van der Waals surface area contributed by atoms with Crippen molar-refractivity contribution in [1.29, 1.82) is 0 Å². The molecule has 17 heavy (non-hydrogen) atoms. The van der Waals surface area contributed by atoms with E-state index in [1.54, 1.807) is 7.11 Å². The molecule has 0 bridgehead atoms. The maximum Gasteiger partial charge on any atom is 0.130 e. The molecule has 0 aliphatic carbocycles. The monoisotopic (exact) mass is 229 g/mol. The summed E-state index contributed by atoms with van der Waals surface area (Å²) in [5.41, 5.74) is 2.16. The van der Waals surface area contributed by atoms with Crippen molar-refractivity contribution in [3.8, 4) is 5.75 Å². The predicted molar refractivity (Wildman–Crippen MR) is 71.5 cm³/mol. The van der Waals surface area contributed by atoms with Crippen LogP contribution in [0.5, 0.6) is 5.75 Å². The standard InChI is InChI=1S/C15H19NO/c1-3-4-5-8-12-11-15(17-2)13-9-6-7-10-14(13)16-12/h6-7,9-11H,3-5,8H2,1-2H3. The summed E-state index contributed by atoms with van der Waals surface area (Å²) in [6, 6.07) is 10.2. The van der Waals surface area contributed by atoms with Crippen molar-refractivity contribution in [3.05, 3.63) is 36.0 Å². The van der Waals surface area contributed by atoms with Crippen LogP contribution in [0.15, 0.2) is 30.3 Å². The predicted octanol–water partition coefficient (Wildman–Crippen LogP) is 3.98. The average Bonchev–Trinajstić information content (AvgIpc) is 2.38. The molecule has 0 fully saturated rings. The quantitative estimate of drug-likeness (QED) is 0.723. The van der Waals surface area contributed by atoms with E-state index in [4.69, 9.17) is 4.74 Å². The van der Waals surface area contributed by atoms with Gasteiger partial charge in [-0.1, -0.05) is 31.9 Å². The molecule has 1 aromatic carbocycles. The molecule has 2 rings (SSSR count). The number of pyridine rings is 1. The largest absolute Gasteiger partial charge is 0.496 e. The van der Waals surface area contributed by atoms with Gasteiger partial charge < -0.3 is 4.74 Å². The molecule has 2 heteroatoms. The lowest BCUT2D eigenvalue weighted by molar-refractivity contribution is 0.418. The second-order valence-corrected chi connectivity index (χ2v) is 4.29. The van der Waals surface area contributed by atoms with Gasteiger partial charge in [-0.3, -0.25) is 4.98 Å². The van der Waals surface area contributed by atoms with Crippen LogP contribution in [0.4, 0.5) is 0 Å². The van der Waals surface area contributed by atoms with E-state index in [0.717, 1.165) is 28.8 Å². The minimum Gasteiger partial charge on any atom is -0.496 e. The van der Waals surface area contributed by atoms with Crippen molar-refractivity contribution in [3.63, 3.8) is 0 Å². The number of unbranched alkanes of at least 4 members (excludes halogenated alkanes) is 2. The molecular weight excluding hydrogens is 210 g/mol. The van der Waals surface area contributed by atoms with E-state index in [1.165, 1.54) is 19.3 Å². The molecule has 0 unspecified atom stereocenters. The van der Waals surface area contributed by atoms with Crippen LogP contribution in [0.2, 0.25) is 0 Å². The van der Waals surface area contributed by atoms with Gasteiger partial charge in [-0.25, -0.2) is 0 Å². The number of methoxy groups -OCH3 is 1. The Morgan fingerprint density at radius 2 is 2.00 bits per heavy atom. The second-order valence-electron chi connectivity index (χ2n) is 4.29. The third-order valence-electron chi connectivity index (χ3n) is 2.99. The number of aromatic nitrogens is 1. The molecule has 0 atom stereocenters. The van der Waals surface area contributed by atoms with Gasteiger partial charge in [0.2, 0.25) is 0 Å². The fourth-order valence-electron chi connectivity index (χ4n) is 2.05. The smallest absolute Gasteiger partial charge is 0.130 e. The summed E-state index contributed by atoms with van der Waals surface area (Å²) in [6.45, 7) is 2.22. The first kappa shape index (κ1) is 11.9. The molecule has 2 aromatic rings. The van der Waals surface area contributed by atoms with Crippen molar-refractivity contribution in [1.82, 2.24) is 4.98 Å². The minimum atomic E-state index is 0.932. The highest BCUT2D eigenvalue weighted by molar-refractivity contribution is 5.85. The number of benzene rings is 1. The van der Waals surface area contributed by atoms with Crippen LogP contribution in [0.1, 0.15) is 31.9 Å². The molecule has 0 aliphatic heterocycles. The number of nitrogens with zero attached hydrogens (tertiary/aromatic N) is 1. The van der Waals surface area contributed by atoms with E-state index in [1.807, 2.05) is 18.2 Å². The van der Waals surface area contributed by atoms with Crippen LogP contribution in [-0.2, 0) is 6.42 Å². The zero-order valence-electron chi connectivity index (χ0n) is 10.6. The van der Waals surface area contributed by atoms with Crippen molar-refractivity contribution in [2.75, 3.05) is 7.11 Å². The van der Waals surface area contributed by atoms with Crippen LogP contribution in [0.25, 0.3) is 10.9 Å². The molecule has 0 saturated carbocycles. The van der Waals surface area contributed by atoms with Crippen LogP contribution < -0.4 is 4.74 Å². The first-order chi connectivity index (χ1) is 8.35. The van der Waals surface area contributed by atoms with Gasteiger partial charge in [0.05, 0.1) is 12.6 Å². The Morgan fingerprint density at radius 3 is 2.76 bits per heavy atom. The van der Waals surface area contributed by atoms with Crippen LogP contribution in [-0.4, -0.2) is 12.1 Å². The van der Waals surface area contributed by atoms with E-state index in [9.17, 15) is 0 Å². The highest BCUT2D eigenvalue weighted by Crippen LogP contribution is 2.25. The van der Waals surface area contributed by atoms with Gasteiger partial charge in [-0.2, -0.15) is 0 Å². The van der Waals surface area contributed by atoms with Crippen LogP contribution in [0, 0.1) is 0 Å². The van der Waals surface area contributed by atoms with Gasteiger partial charge in [0, 0.05) is 17.1 Å². The molecule has 90 valence electrons. The average molecular weight is 229 g/mol. The number of hydrogen-bond donors (Lipinski definition) is 0. The number of aryl methyl sites for hydroxylation is 1. The topological polar surface area (TPSA) is 22.1 Å². The van der Waals surface area contributed by atoms with Crippen molar-refractivity contribution in [2.24, 2.45) is 0 Å². The lowest BCUT2D eigenvalue weighted by atomic mass is 10.1.